The molecule has 0 aliphatic rings. The van der Waals surface area contributed by atoms with Crippen molar-refractivity contribution in [1.29, 1.82) is 0 Å². The molecule has 0 bridgehead atoms. The van der Waals surface area contributed by atoms with E-state index in [1.807, 2.05) is 24.3 Å². The molecule has 1 atom stereocenters. The third kappa shape index (κ3) is 3.58. The Kier molecular flexibility index (Phi) is 4.61. The summed E-state index contributed by atoms with van der Waals surface area (Å²) in [5.74, 6) is 1.09. The number of hydrogen-bond acceptors (Lipinski definition) is 3. The van der Waals surface area contributed by atoms with Gasteiger partial charge in [0.15, 0.2) is 0 Å². The lowest BCUT2D eigenvalue weighted by Gasteiger charge is -2.09. The van der Waals surface area contributed by atoms with E-state index < -0.39 is 10.8 Å². The number of nitrogens with two attached hydrogens (primary N) is 1. The molecule has 0 aliphatic carbocycles. The highest BCUT2D eigenvalue weighted by Gasteiger charge is 2.10. The molecule has 2 aromatic rings. The van der Waals surface area contributed by atoms with Crippen molar-refractivity contribution >= 4 is 32.4 Å². The molecule has 0 saturated carbocycles. The van der Waals surface area contributed by atoms with Gasteiger partial charge in [0, 0.05) is 20.6 Å². The topological polar surface area (TPSA) is 52.3 Å². The molecule has 0 aliphatic heterocycles. The minimum atomic E-state index is -1.13. The van der Waals surface area contributed by atoms with Crippen LogP contribution in [0.25, 0.3) is 0 Å². The van der Waals surface area contributed by atoms with Crippen molar-refractivity contribution < 1.29 is 8.95 Å². The number of nitrogen functional groups attached to an aromatic ring is 1. The lowest BCUT2D eigenvalue weighted by Crippen LogP contribution is -2.00. The Hall–Kier alpha value is -1.33. The maximum Gasteiger partial charge on any atom is 0.123 e. The quantitative estimate of drug-likeness (QED) is 0.869. The first-order valence-electron chi connectivity index (χ1n) is 5.66. The largest absolute Gasteiger partial charge is 0.496 e. The van der Waals surface area contributed by atoms with Gasteiger partial charge in [-0.2, -0.15) is 0 Å². The molecule has 5 heteroatoms. The zero-order valence-electron chi connectivity index (χ0n) is 10.4. The van der Waals surface area contributed by atoms with E-state index in [-0.39, 0.29) is 0 Å². The van der Waals surface area contributed by atoms with Crippen molar-refractivity contribution in [3.63, 3.8) is 0 Å². The first kappa shape index (κ1) is 14.1. The van der Waals surface area contributed by atoms with Crippen LogP contribution >= 0.6 is 15.9 Å². The van der Waals surface area contributed by atoms with Crippen LogP contribution in [0.15, 0.2) is 51.8 Å². The third-order valence-electron chi connectivity index (χ3n) is 2.65. The fourth-order valence-corrected chi connectivity index (χ4v) is 3.46. The molecule has 0 aromatic heterocycles. The zero-order chi connectivity index (χ0) is 13.8. The average molecular weight is 340 g/mol. The molecule has 2 aromatic carbocycles. The van der Waals surface area contributed by atoms with Gasteiger partial charge in [-0.1, -0.05) is 22.0 Å². The smallest absolute Gasteiger partial charge is 0.123 e. The maximum atomic E-state index is 12.3. The Bertz CT molecular complexity index is 616. The number of rotatable bonds is 4. The van der Waals surface area contributed by atoms with Crippen LogP contribution in [-0.4, -0.2) is 11.3 Å². The van der Waals surface area contributed by atoms with Crippen molar-refractivity contribution in [2.75, 3.05) is 12.8 Å². The van der Waals surface area contributed by atoms with Crippen LogP contribution in [-0.2, 0) is 16.6 Å². The Morgan fingerprint density at radius 2 is 2.05 bits per heavy atom. The number of halogens is 1. The summed E-state index contributed by atoms with van der Waals surface area (Å²) < 4.78 is 18.5. The number of methoxy groups -OCH3 is 1. The van der Waals surface area contributed by atoms with Crippen molar-refractivity contribution in [3.8, 4) is 5.75 Å². The lowest BCUT2D eigenvalue weighted by molar-refractivity contribution is 0.411. The Morgan fingerprint density at radius 3 is 2.74 bits per heavy atom. The summed E-state index contributed by atoms with van der Waals surface area (Å²) in [7, 11) is 0.464. The van der Waals surface area contributed by atoms with E-state index in [0.29, 0.717) is 17.2 Å². The minimum absolute atomic E-state index is 0.380. The molecule has 2 N–H and O–H groups in total. The van der Waals surface area contributed by atoms with E-state index >= 15 is 0 Å². The summed E-state index contributed by atoms with van der Waals surface area (Å²) in [6.07, 6.45) is 0. The highest BCUT2D eigenvalue weighted by molar-refractivity contribution is 9.10. The second-order valence-electron chi connectivity index (χ2n) is 4.02. The second-order valence-corrected chi connectivity index (χ2v) is 6.39. The molecule has 2 rings (SSSR count). The first-order chi connectivity index (χ1) is 9.10. The fraction of sp³-hybridized carbons (Fsp3) is 0.143. The van der Waals surface area contributed by atoms with Crippen molar-refractivity contribution in [3.05, 3.63) is 52.5 Å². The van der Waals surface area contributed by atoms with Gasteiger partial charge in [0.25, 0.3) is 0 Å². The van der Waals surface area contributed by atoms with Crippen LogP contribution in [0.1, 0.15) is 5.56 Å². The maximum absolute atomic E-state index is 12.3. The van der Waals surface area contributed by atoms with Gasteiger partial charge < -0.3 is 10.5 Å². The lowest BCUT2D eigenvalue weighted by atomic mass is 10.2. The molecule has 0 fully saturated rings. The fourth-order valence-electron chi connectivity index (χ4n) is 1.74. The van der Waals surface area contributed by atoms with E-state index in [9.17, 15) is 4.21 Å². The molecule has 0 saturated heterocycles. The van der Waals surface area contributed by atoms with Crippen molar-refractivity contribution in [2.24, 2.45) is 0 Å². The summed E-state index contributed by atoms with van der Waals surface area (Å²) in [5, 5.41) is 0. The van der Waals surface area contributed by atoms with Crippen LogP contribution in [0, 0.1) is 0 Å². The van der Waals surface area contributed by atoms with Crippen molar-refractivity contribution in [2.45, 2.75) is 10.6 Å². The molecular weight excluding hydrogens is 326 g/mol. The molecule has 0 radical (unpaired) electrons. The van der Waals surface area contributed by atoms with Gasteiger partial charge in [-0.25, -0.2) is 0 Å². The minimum Gasteiger partial charge on any atom is -0.496 e. The van der Waals surface area contributed by atoms with Crippen molar-refractivity contribution in [1.82, 2.24) is 0 Å². The summed E-state index contributed by atoms with van der Waals surface area (Å²) in [6, 6.07) is 12.8. The SMILES string of the molecule is COc1ccc(N)cc1CS(=O)c1cccc(Br)c1. The third-order valence-corrected chi connectivity index (χ3v) is 4.50. The molecule has 1 unspecified atom stereocenters. The Labute approximate surface area is 123 Å². The molecule has 3 nitrogen and oxygen atoms in total. The monoisotopic (exact) mass is 339 g/mol. The van der Waals surface area contributed by atoms with E-state index in [2.05, 4.69) is 15.9 Å². The summed E-state index contributed by atoms with van der Waals surface area (Å²) in [4.78, 5) is 0.777. The normalized spacial score (nSPS) is 12.1. The second kappa shape index (κ2) is 6.21. The summed E-state index contributed by atoms with van der Waals surface area (Å²) >= 11 is 3.38. The van der Waals surface area contributed by atoms with Gasteiger partial charge in [0.1, 0.15) is 5.75 Å². The van der Waals surface area contributed by atoms with Crippen LogP contribution in [0.5, 0.6) is 5.75 Å². The van der Waals surface area contributed by atoms with Crippen LogP contribution in [0.4, 0.5) is 5.69 Å². The van der Waals surface area contributed by atoms with E-state index in [4.69, 9.17) is 10.5 Å². The molecule has 19 heavy (non-hydrogen) atoms. The van der Waals surface area contributed by atoms with Gasteiger partial charge in [0.05, 0.1) is 23.7 Å². The van der Waals surface area contributed by atoms with Gasteiger partial charge in [-0.05, 0) is 36.4 Å². The molecule has 100 valence electrons. The van der Waals surface area contributed by atoms with E-state index in [1.165, 1.54) is 0 Å². The Morgan fingerprint density at radius 1 is 1.26 bits per heavy atom. The van der Waals surface area contributed by atoms with Gasteiger partial charge in [-0.15, -0.1) is 0 Å². The standard InChI is InChI=1S/C14H14BrNO2S/c1-18-14-6-5-12(16)7-10(14)9-19(17)13-4-2-3-11(15)8-13/h2-8H,9,16H2,1H3. The highest BCUT2D eigenvalue weighted by atomic mass is 79.9. The van der Waals surface area contributed by atoms with Crippen LogP contribution in [0.2, 0.25) is 0 Å². The van der Waals surface area contributed by atoms with Gasteiger partial charge in [-0.3, -0.25) is 4.21 Å². The predicted molar refractivity (Wildman–Crippen MR) is 81.7 cm³/mol. The van der Waals surface area contributed by atoms with E-state index in [0.717, 1.165) is 14.9 Å². The number of ether oxygens (including phenoxy) is 1. The molecule has 0 heterocycles. The summed E-state index contributed by atoms with van der Waals surface area (Å²) in [5.41, 5.74) is 7.25. The van der Waals surface area contributed by atoms with Crippen LogP contribution < -0.4 is 10.5 Å². The number of anilines is 1. The van der Waals surface area contributed by atoms with Gasteiger partial charge in [0.2, 0.25) is 0 Å². The first-order valence-corrected chi connectivity index (χ1v) is 7.77. The Balaban J connectivity index is 2.26. The molecule has 0 amide bonds. The zero-order valence-corrected chi connectivity index (χ0v) is 12.8. The van der Waals surface area contributed by atoms with E-state index in [1.54, 1.807) is 25.3 Å². The number of benzene rings is 2. The van der Waals surface area contributed by atoms with Crippen LogP contribution in [0.3, 0.4) is 0 Å². The molecule has 0 spiro atoms. The van der Waals surface area contributed by atoms with Gasteiger partial charge >= 0.3 is 0 Å². The average Bonchev–Trinajstić information content (AvgIpc) is 2.39. The highest BCUT2D eigenvalue weighted by Crippen LogP contribution is 2.25. The number of hydrogen-bond donors (Lipinski definition) is 1. The predicted octanol–water partition coefficient (Wildman–Crippen LogP) is 3.35. The molecular formula is C14H14BrNO2S. The summed E-state index contributed by atoms with van der Waals surface area (Å²) in [6.45, 7) is 0.